The first-order chi connectivity index (χ1) is 8.51. The van der Waals surface area contributed by atoms with Crippen LogP contribution in [0.5, 0.6) is 0 Å². The number of aromatic nitrogens is 2. The summed E-state index contributed by atoms with van der Waals surface area (Å²) in [6.45, 7) is 1.70. The van der Waals surface area contributed by atoms with Crippen molar-refractivity contribution >= 4 is 38.3 Å². The van der Waals surface area contributed by atoms with Crippen LogP contribution in [0.2, 0.25) is 0 Å². The van der Waals surface area contributed by atoms with E-state index in [1.54, 1.807) is 19.1 Å². The minimum Gasteiger partial charge on any atom is -0.253 e. The van der Waals surface area contributed by atoms with E-state index in [9.17, 15) is 8.42 Å². The van der Waals surface area contributed by atoms with Gasteiger partial charge in [-0.3, -0.25) is 4.72 Å². The van der Waals surface area contributed by atoms with Gasteiger partial charge in [0, 0.05) is 17.4 Å². The highest BCUT2D eigenvalue weighted by molar-refractivity contribution is 7.93. The lowest BCUT2D eigenvalue weighted by atomic mass is 10.2. The zero-order valence-corrected chi connectivity index (χ0v) is 11.8. The van der Waals surface area contributed by atoms with Crippen molar-refractivity contribution in [1.29, 1.82) is 0 Å². The number of hydrogen-bond acceptors (Lipinski definition) is 5. The molecule has 0 fully saturated rings. The molecular weight excluding hydrogens is 294 g/mol. The van der Waals surface area contributed by atoms with Crippen LogP contribution in [0.15, 0.2) is 29.2 Å². The molecule has 0 saturated carbocycles. The summed E-state index contributed by atoms with van der Waals surface area (Å²) in [7, 11) is -3.61. The van der Waals surface area contributed by atoms with Gasteiger partial charge in [-0.15, -0.1) is 11.6 Å². The van der Waals surface area contributed by atoms with Gasteiger partial charge in [0.05, 0.1) is 4.90 Å². The Labute approximate surface area is 114 Å². The molecule has 1 aromatic carbocycles. The fourth-order valence-corrected chi connectivity index (χ4v) is 3.25. The molecule has 0 radical (unpaired) electrons. The fraction of sp³-hybridized carbons (Fsp3) is 0.200. The summed E-state index contributed by atoms with van der Waals surface area (Å²) in [5.41, 5.74) is 0.863. The summed E-state index contributed by atoms with van der Waals surface area (Å²) >= 11 is 6.65. The second-order valence-electron chi connectivity index (χ2n) is 3.53. The van der Waals surface area contributed by atoms with Crippen LogP contribution in [0.4, 0.5) is 5.13 Å². The quantitative estimate of drug-likeness (QED) is 0.880. The Morgan fingerprint density at radius 3 is 2.50 bits per heavy atom. The predicted molar refractivity (Wildman–Crippen MR) is 71.5 cm³/mol. The third kappa shape index (κ3) is 2.98. The molecule has 0 aliphatic carbocycles. The minimum atomic E-state index is -3.61. The molecular formula is C10H10ClN3O2S2. The number of benzene rings is 1. The largest absolute Gasteiger partial charge is 0.263 e. The first-order valence-electron chi connectivity index (χ1n) is 4.99. The van der Waals surface area contributed by atoms with E-state index in [1.165, 1.54) is 12.1 Å². The molecule has 2 rings (SSSR count). The third-order valence-electron chi connectivity index (χ3n) is 2.14. The van der Waals surface area contributed by atoms with E-state index in [4.69, 9.17) is 11.6 Å². The molecule has 1 aromatic heterocycles. The standard InChI is InChI=1S/C10H10ClN3O2S2/c1-7-12-10(17-13-7)14-18(15,16)9-4-2-8(6-11)3-5-9/h2-5H,6H2,1H3,(H,12,13,14). The molecule has 1 N–H and O–H groups in total. The van der Waals surface area contributed by atoms with Crippen molar-refractivity contribution in [2.75, 3.05) is 4.72 Å². The van der Waals surface area contributed by atoms with Crippen molar-refractivity contribution in [3.63, 3.8) is 0 Å². The Hall–Kier alpha value is -1.18. The van der Waals surface area contributed by atoms with Crippen molar-refractivity contribution in [2.24, 2.45) is 0 Å². The van der Waals surface area contributed by atoms with Gasteiger partial charge in [0.2, 0.25) is 5.13 Å². The Morgan fingerprint density at radius 1 is 1.33 bits per heavy atom. The number of rotatable bonds is 4. The summed E-state index contributed by atoms with van der Waals surface area (Å²) in [6.07, 6.45) is 0. The van der Waals surface area contributed by atoms with Gasteiger partial charge >= 0.3 is 0 Å². The van der Waals surface area contributed by atoms with Gasteiger partial charge in [0.15, 0.2) is 0 Å². The Balaban J connectivity index is 2.24. The van der Waals surface area contributed by atoms with E-state index >= 15 is 0 Å². The number of nitrogens with one attached hydrogen (secondary N) is 1. The van der Waals surface area contributed by atoms with Crippen LogP contribution < -0.4 is 4.72 Å². The molecule has 5 nitrogen and oxygen atoms in total. The third-order valence-corrected chi connectivity index (χ3v) is 4.65. The van der Waals surface area contributed by atoms with Crippen LogP contribution in [-0.2, 0) is 15.9 Å². The molecule has 0 unspecified atom stereocenters. The van der Waals surface area contributed by atoms with Gasteiger partial charge in [-0.05, 0) is 24.6 Å². The summed E-state index contributed by atoms with van der Waals surface area (Å²) < 4.78 is 30.3. The van der Waals surface area contributed by atoms with Crippen molar-refractivity contribution in [3.05, 3.63) is 35.7 Å². The zero-order valence-electron chi connectivity index (χ0n) is 9.42. The Kier molecular flexibility index (Phi) is 3.84. The second-order valence-corrected chi connectivity index (χ2v) is 6.23. The normalized spacial score (nSPS) is 11.4. The lowest BCUT2D eigenvalue weighted by Gasteiger charge is -2.05. The SMILES string of the molecule is Cc1nsc(NS(=O)(=O)c2ccc(CCl)cc2)n1. The minimum absolute atomic E-state index is 0.171. The molecule has 0 aliphatic heterocycles. The fourth-order valence-electron chi connectivity index (χ4n) is 1.27. The highest BCUT2D eigenvalue weighted by Crippen LogP contribution is 2.18. The number of halogens is 1. The summed E-state index contributed by atoms with van der Waals surface area (Å²) in [5, 5.41) is 0.258. The van der Waals surface area contributed by atoms with Gasteiger partial charge in [-0.2, -0.15) is 4.37 Å². The van der Waals surface area contributed by atoms with Gasteiger partial charge in [0.1, 0.15) is 5.82 Å². The number of anilines is 1. The molecule has 0 spiro atoms. The molecule has 18 heavy (non-hydrogen) atoms. The predicted octanol–water partition coefficient (Wildman–Crippen LogP) is 2.39. The number of sulfonamides is 1. The van der Waals surface area contributed by atoms with Crippen LogP contribution in [0, 0.1) is 6.92 Å². The van der Waals surface area contributed by atoms with E-state index in [-0.39, 0.29) is 10.0 Å². The molecule has 8 heteroatoms. The lowest BCUT2D eigenvalue weighted by molar-refractivity contribution is 0.601. The van der Waals surface area contributed by atoms with Crippen molar-refractivity contribution in [3.8, 4) is 0 Å². The van der Waals surface area contributed by atoms with Gasteiger partial charge < -0.3 is 0 Å². The topological polar surface area (TPSA) is 72.0 Å². The van der Waals surface area contributed by atoms with Crippen LogP contribution in [-0.4, -0.2) is 17.8 Å². The van der Waals surface area contributed by atoms with E-state index < -0.39 is 10.0 Å². The van der Waals surface area contributed by atoms with Crippen LogP contribution >= 0.6 is 23.1 Å². The van der Waals surface area contributed by atoms with E-state index in [2.05, 4.69) is 14.1 Å². The van der Waals surface area contributed by atoms with Crippen molar-refractivity contribution < 1.29 is 8.42 Å². The van der Waals surface area contributed by atoms with E-state index in [0.717, 1.165) is 17.1 Å². The number of alkyl halides is 1. The average molecular weight is 304 g/mol. The van der Waals surface area contributed by atoms with Gasteiger partial charge in [-0.25, -0.2) is 13.4 Å². The van der Waals surface area contributed by atoms with Crippen LogP contribution in [0.3, 0.4) is 0 Å². The summed E-state index contributed by atoms with van der Waals surface area (Å²) in [5.74, 6) is 0.888. The lowest BCUT2D eigenvalue weighted by Crippen LogP contribution is -2.12. The maximum Gasteiger partial charge on any atom is 0.263 e. The Morgan fingerprint density at radius 2 is 2.00 bits per heavy atom. The van der Waals surface area contributed by atoms with Crippen LogP contribution in [0.25, 0.3) is 0 Å². The Bertz CT molecular complexity index is 637. The monoisotopic (exact) mass is 303 g/mol. The highest BCUT2D eigenvalue weighted by Gasteiger charge is 2.15. The van der Waals surface area contributed by atoms with E-state index in [0.29, 0.717) is 11.7 Å². The average Bonchev–Trinajstić information content (AvgIpc) is 2.74. The summed E-state index contributed by atoms with van der Waals surface area (Å²) in [4.78, 5) is 4.12. The number of hydrogen-bond donors (Lipinski definition) is 1. The highest BCUT2D eigenvalue weighted by atomic mass is 35.5. The number of aryl methyl sites for hydroxylation is 1. The maximum absolute atomic E-state index is 12.0. The van der Waals surface area contributed by atoms with Gasteiger partial charge in [-0.1, -0.05) is 12.1 Å². The van der Waals surface area contributed by atoms with Crippen molar-refractivity contribution in [2.45, 2.75) is 17.7 Å². The van der Waals surface area contributed by atoms with Crippen LogP contribution in [0.1, 0.15) is 11.4 Å². The summed E-state index contributed by atoms with van der Waals surface area (Å²) in [6, 6.07) is 6.36. The first-order valence-corrected chi connectivity index (χ1v) is 7.78. The zero-order chi connectivity index (χ0) is 13.2. The molecule has 0 bridgehead atoms. The second kappa shape index (κ2) is 5.21. The molecule has 1 heterocycles. The van der Waals surface area contributed by atoms with E-state index in [1.807, 2.05) is 0 Å². The molecule has 96 valence electrons. The first kappa shape index (κ1) is 13.3. The maximum atomic E-state index is 12.0. The molecule has 0 aliphatic rings. The molecule has 0 amide bonds. The van der Waals surface area contributed by atoms with Crippen molar-refractivity contribution in [1.82, 2.24) is 9.36 Å². The smallest absolute Gasteiger partial charge is 0.253 e. The molecule has 0 atom stereocenters. The van der Waals surface area contributed by atoms with Gasteiger partial charge in [0.25, 0.3) is 10.0 Å². The molecule has 0 saturated heterocycles. The molecule has 2 aromatic rings. The number of nitrogens with zero attached hydrogens (tertiary/aromatic N) is 2.